The van der Waals surface area contributed by atoms with E-state index in [1.165, 1.54) is 0 Å². The molecular formula is C12H16Cl2N2O2. The standard InChI is InChI=1S/C12H16Cl2N2O2/c1-15-5-2-6-16-12(17)8-18-9-3-4-10(13)11(14)7-9/h3-4,7,15H,2,5-6,8H2,1H3,(H,16,17). The lowest BCUT2D eigenvalue weighted by Gasteiger charge is -2.08. The van der Waals surface area contributed by atoms with E-state index in [0.717, 1.165) is 13.0 Å². The van der Waals surface area contributed by atoms with Crippen LogP contribution in [0.4, 0.5) is 0 Å². The maximum atomic E-state index is 11.4. The molecule has 0 radical (unpaired) electrons. The first kappa shape index (κ1) is 15.1. The van der Waals surface area contributed by atoms with Crippen molar-refractivity contribution in [1.82, 2.24) is 10.6 Å². The topological polar surface area (TPSA) is 50.4 Å². The highest BCUT2D eigenvalue weighted by atomic mass is 35.5. The summed E-state index contributed by atoms with van der Waals surface area (Å²) in [6.45, 7) is 1.47. The highest BCUT2D eigenvalue weighted by molar-refractivity contribution is 6.42. The van der Waals surface area contributed by atoms with Crippen molar-refractivity contribution in [3.63, 3.8) is 0 Å². The Morgan fingerprint density at radius 2 is 2.06 bits per heavy atom. The Bertz CT molecular complexity index is 400. The molecule has 0 aliphatic carbocycles. The Hall–Kier alpha value is -0.970. The largest absolute Gasteiger partial charge is 0.484 e. The van der Waals surface area contributed by atoms with Crippen LogP contribution >= 0.6 is 23.2 Å². The monoisotopic (exact) mass is 290 g/mol. The second-order valence-corrected chi connectivity index (χ2v) is 4.49. The normalized spacial score (nSPS) is 10.2. The molecule has 0 aliphatic heterocycles. The van der Waals surface area contributed by atoms with E-state index >= 15 is 0 Å². The molecular weight excluding hydrogens is 275 g/mol. The number of rotatable bonds is 7. The highest BCUT2D eigenvalue weighted by Crippen LogP contribution is 2.26. The third kappa shape index (κ3) is 5.58. The first-order chi connectivity index (χ1) is 8.63. The summed E-state index contributed by atoms with van der Waals surface area (Å²) < 4.78 is 5.29. The molecule has 2 N–H and O–H groups in total. The highest BCUT2D eigenvalue weighted by Gasteiger charge is 2.04. The van der Waals surface area contributed by atoms with E-state index in [0.29, 0.717) is 22.3 Å². The van der Waals surface area contributed by atoms with Gasteiger partial charge in [0.25, 0.3) is 5.91 Å². The fourth-order valence-corrected chi connectivity index (χ4v) is 1.55. The van der Waals surface area contributed by atoms with E-state index in [9.17, 15) is 4.79 Å². The van der Waals surface area contributed by atoms with Crippen LogP contribution < -0.4 is 15.4 Å². The zero-order chi connectivity index (χ0) is 13.4. The van der Waals surface area contributed by atoms with E-state index in [4.69, 9.17) is 27.9 Å². The average Bonchev–Trinajstić information content (AvgIpc) is 2.36. The molecule has 0 unspecified atom stereocenters. The van der Waals surface area contributed by atoms with Gasteiger partial charge in [-0.05, 0) is 32.1 Å². The summed E-state index contributed by atoms with van der Waals surface area (Å²) in [7, 11) is 1.87. The van der Waals surface area contributed by atoms with Crippen LogP contribution in [0.15, 0.2) is 18.2 Å². The zero-order valence-corrected chi connectivity index (χ0v) is 11.6. The van der Waals surface area contributed by atoms with E-state index < -0.39 is 0 Å². The molecule has 0 atom stereocenters. The summed E-state index contributed by atoms with van der Waals surface area (Å²) in [5.74, 6) is 0.368. The summed E-state index contributed by atoms with van der Waals surface area (Å²) in [6.07, 6.45) is 0.884. The average molecular weight is 291 g/mol. The van der Waals surface area contributed by atoms with Gasteiger partial charge in [0.15, 0.2) is 6.61 Å². The maximum absolute atomic E-state index is 11.4. The molecule has 0 aliphatic rings. The lowest BCUT2D eigenvalue weighted by molar-refractivity contribution is -0.123. The number of halogens is 2. The van der Waals surface area contributed by atoms with Crippen LogP contribution in [-0.2, 0) is 4.79 Å². The third-order valence-electron chi connectivity index (χ3n) is 2.19. The van der Waals surface area contributed by atoms with Gasteiger partial charge in [0.2, 0.25) is 0 Å². The maximum Gasteiger partial charge on any atom is 0.257 e. The molecule has 0 spiro atoms. The van der Waals surface area contributed by atoms with E-state index in [-0.39, 0.29) is 12.5 Å². The molecule has 1 rings (SSSR count). The molecule has 1 amide bonds. The number of benzene rings is 1. The van der Waals surface area contributed by atoms with E-state index in [2.05, 4.69) is 10.6 Å². The lowest BCUT2D eigenvalue weighted by Crippen LogP contribution is -2.30. The predicted octanol–water partition coefficient (Wildman–Crippen LogP) is 2.10. The van der Waals surface area contributed by atoms with Gasteiger partial charge in [-0.2, -0.15) is 0 Å². The molecule has 100 valence electrons. The number of carbonyl (C=O) groups is 1. The predicted molar refractivity (Wildman–Crippen MR) is 73.5 cm³/mol. The summed E-state index contributed by atoms with van der Waals surface area (Å²) in [6, 6.07) is 4.88. The second kappa shape index (κ2) is 8.19. The van der Waals surface area contributed by atoms with Crippen LogP contribution in [0.3, 0.4) is 0 Å². The number of amides is 1. The van der Waals surface area contributed by atoms with Gasteiger partial charge in [-0.15, -0.1) is 0 Å². The molecule has 4 nitrogen and oxygen atoms in total. The summed E-state index contributed by atoms with van der Waals surface area (Å²) >= 11 is 11.6. The number of hydrogen-bond donors (Lipinski definition) is 2. The summed E-state index contributed by atoms with van der Waals surface area (Å²) in [5, 5.41) is 6.62. The molecule has 1 aromatic rings. The van der Waals surface area contributed by atoms with Crippen molar-refractivity contribution in [1.29, 1.82) is 0 Å². The Morgan fingerprint density at radius 3 is 2.72 bits per heavy atom. The quantitative estimate of drug-likeness (QED) is 0.756. The fourth-order valence-electron chi connectivity index (χ4n) is 1.26. The molecule has 0 bridgehead atoms. The van der Waals surface area contributed by atoms with Gasteiger partial charge < -0.3 is 15.4 Å². The molecule has 0 heterocycles. The van der Waals surface area contributed by atoms with Crippen molar-refractivity contribution in [2.45, 2.75) is 6.42 Å². The first-order valence-corrected chi connectivity index (χ1v) is 6.38. The third-order valence-corrected chi connectivity index (χ3v) is 2.93. The number of carbonyl (C=O) groups excluding carboxylic acids is 1. The van der Waals surface area contributed by atoms with Crippen LogP contribution in [0.2, 0.25) is 10.0 Å². The van der Waals surface area contributed by atoms with Crippen LogP contribution in [0.25, 0.3) is 0 Å². The number of hydrogen-bond acceptors (Lipinski definition) is 3. The zero-order valence-electron chi connectivity index (χ0n) is 10.1. The van der Waals surface area contributed by atoms with Gasteiger partial charge >= 0.3 is 0 Å². The van der Waals surface area contributed by atoms with Gasteiger partial charge in [0.05, 0.1) is 10.0 Å². The minimum atomic E-state index is -0.155. The van der Waals surface area contributed by atoms with Crippen molar-refractivity contribution in [3.05, 3.63) is 28.2 Å². The molecule has 0 saturated carbocycles. The molecule has 6 heteroatoms. The molecule has 0 saturated heterocycles. The minimum absolute atomic E-state index is 0.0302. The Labute approximate surface area is 117 Å². The van der Waals surface area contributed by atoms with Gasteiger partial charge in [-0.25, -0.2) is 0 Å². The fraction of sp³-hybridized carbons (Fsp3) is 0.417. The Balaban J connectivity index is 2.27. The van der Waals surface area contributed by atoms with Crippen LogP contribution in [0.5, 0.6) is 5.75 Å². The Kier molecular flexibility index (Phi) is 6.86. The number of nitrogens with one attached hydrogen (secondary N) is 2. The van der Waals surface area contributed by atoms with Crippen LogP contribution in [0.1, 0.15) is 6.42 Å². The molecule has 1 aromatic carbocycles. The number of ether oxygens (including phenoxy) is 1. The molecule has 0 aromatic heterocycles. The SMILES string of the molecule is CNCCCNC(=O)COc1ccc(Cl)c(Cl)c1. The van der Waals surface area contributed by atoms with Crippen LogP contribution in [-0.4, -0.2) is 32.7 Å². The molecule has 18 heavy (non-hydrogen) atoms. The van der Waals surface area contributed by atoms with E-state index in [1.807, 2.05) is 7.05 Å². The van der Waals surface area contributed by atoms with Gasteiger partial charge in [-0.3, -0.25) is 4.79 Å². The second-order valence-electron chi connectivity index (χ2n) is 3.67. The van der Waals surface area contributed by atoms with Crippen molar-refractivity contribution in [3.8, 4) is 5.75 Å². The van der Waals surface area contributed by atoms with Crippen LogP contribution in [0, 0.1) is 0 Å². The van der Waals surface area contributed by atoms with E-state index in [1.54, 1.807) is 18.2 Å². The van der Waals surface area contributed by atoms with Gasteiger partial charge in [0, 0.05) is 12.6 Å². The van der Waals surface area contributed by atoms with Crippen molar-refractivity contribution in [2.75, 3.05) is 26.7 Å². The summed E-state index contributed by atoms with van der Waals surface area (Å²) in [5.41, 5.74) is 0. The first-order valence-electron chi connectivity index (χ1n) is 5.62. The van der Waals surface area contributed by atoms with Gasteiger partial charge in [0.1, 0.15) is 5.75 Å². The van der Waals surface area contributed by atoms with Crippen molar-refractivity contribution in [2.24, 2.45) is 0 Å². The Morgan fingerprint density at radius 1 is 1.28 bits per heavy atom. The van der Waals surface area contributed by atoms with Crippen molar-refractivity contribution >= 4 is 29.1 Å². The van der Waals surface area contributed by atoms with Crippen molar-refractivity contribution < 1.29 is 9.53 Å². The summed E-state index contributed by atoms with van der Waals surface area (Å²) in [4.78, 5) is 11.4. The molecule has 0 fully saturated rings. The smallest absolute Gasteiger partial charge is 0.257 e. The lowest BCUT2D eigenvalue weighted by atomic mass is 10.3. The minimum Gasteiger partial charge on any atom is -0.484 e. The van der Waals surface area contributed by atoms with Gasteiger partial charge in [-0.1, -0.05) is 23.2 Å².